The van der Waals surface area contributed by atoms with Gasteiger partial charge in [0.15, 0.2) is 0 Å². The first kappa shape index (κ1) is 59.4. The van der Waals surface area contributed by atoms with Crippen LogP contribution in [0.15, 0.2) is 82.6 Å². The van der Waals surface area contributed by atoms with Crippen molar-refractivity contribution in [2.24, 2.45) is 0 Å². The molecule has 4 aromatic carbocycles. The highest BCUT2D eigenvalue weighted by atomic mass is 35.5. The van der Waals surface area contributed by atoms with E-state index in [4.69, 9.17) is 74.8 Å². The minimum absolute atomic E-state index is 0.00148. The Bertz CT molecular complexity index is 2540. The van der Waals surface area contributed by atoms with Crippen LogP contribution in [0.3, 0.4) is 0 Å². The lowest BCUT2D eigenvalue weighted by Crippen LogP contribution is -2.34. The number of carbonyl (C=O) groups is 2. The number of amides is 2. The highest BCUT2D eigenvalue weighted by Crippen LogP contribution is 2.43. The SMILES string of the molecule is CN(C)[C@H]1Cc2c(Cl)cc(Cl)cc2[C@@H]1Oc1ccc(S(=O)(=O)NCCOCCOCCNC(=O)CCC(=O)NCCOCCOCCNS(=O)(=O)c2ccc(O[C@H]3c4cc(Cl)cc(Cl)c4C[C@@H]3N(C)C)cc2)cc1. The molecule has 0 fully saturated rings. The third-order valence-electron chi connectivity index (χ3n) is 12.2. The number of likely N-dealkylation sites (N-methyl/N-ethyl adjacent to an activating group) is 2. The van der Waals surface area contributed by atoms with Crippen LogP contribution in [0.1, 0.15) is 47.3 Å². The van der Waals surface area contributed by atoms with Crippen molar-refractivity contribution < 1.29 is 54.8 Å². The van der Waals surface area contributed by atoms with Crippen LogP contribution in [0.25, 0.3) is 0 Å². The van der Waals surface area contributed by atoms with Gasteiger partial charge >= 0.3 is 0 Å². The number of halogens is 4. The summed E-state index contributed by atoms with van der Waals surface area (Å²) in [6.07, 6.45) is 0.704. The predicted molar refractivity (Wildman–Crippen MR) is 284 cm³/mol. The number of nitrogens with one attached hydrogen (secondary N) is 4. The molecule has 0 heterocycles. The van der Waals surface area contributed by atoms with Crippen molar-refractivity contribution in [3.8, 4) is 11.5 Å². The van der Waals surface area contributed by atoms with E-state index in [1.54, 1.807) is 36.4 Å². The molecule has 18 nitrogen and oxygen atoms in total. The van der Waals surface area contributed by atoms with Crippen molar-refractivity contribution in [3.63, 3.8) is 0 Å². The lowest BCUT2D eigenvalue weighted by molar-refractivity contribution is -0.126. The van der Waals surface area contributed by atoms with Crippen molar-refractivity contribution in [2.75, 3.05) is 107 Å². The molecule has 24 heteroatoms. The Labute approximate surface area is 454 Å². The van der Waals surface area contributed by atoms with E-state index >= 15 is 0 Å². The second-order valence-electron chi connectivity index (χ2n) is 17.8. The molecule has 0 aromatic heterocycles. The summed E-state index contributed by atoms with van der Waals surface area (Å²) in [4.78, 5) is 28.7. The molecule has 4 aromatic rings. The third kappa shape index (κ3) is 17.3. The quantitative estimate of drug-likeness (QED) is 0.0436. The number of hydrogen-bond acceptors (Lipinski definition) is 14. The molecule has 0 radical (unpaired) electrons. The smallest absolute Gasteiger partial charge is 0.240 e. The van der Waals surface area contributed by atoms with E-state index in [1.807, 2.05) is 40.3 Å². The number of rotatable bonds is 31. The largest absolute Gasteiger partial charge is 0.484 e. The molecule has 4 N–H and O–H groups in total. The number of sulfonamides is 2. The van der Waals surface area contributed by atoms with Gasteiger partial charge in [0.05, 0.1) is 74.7 Å². The molecule has 406 valence electrons. The Kier molecular flexibility index (Phi) is 22.9. The molecule has 0 unspecified atom stereocenters. The molecule has 0 saturated carbocycles. The van der Waals surface area contributed by atoms with Gasteiger partial charge in [0, 0.05) is 70.2 Å². The summed E-state index contributed by atoms with van der Waals surface area (Å²) in [5, 5.41) is 7.61. The zero-order valence-electron chi connectivity index (χ0n) is 41.7. The fourth-order valence-electron chi connectivity index (χ4n) is 8.35. The van der Waals surface area contributed by atoms with Gasteiger partial charge in [-0.05, 0) is 125 Å². The Morgan fingerprint density at radius 2 is 0.851 bits per heavy atom. The van der Waals surface area contributed by atoms with Crippen LogP contribution < -0.4 is 29.6 Å². The molecule has 4 atom stereocenters. The van der Waals surface area contributed by atoms with E-state index in [0.29, 0.717) is 44.4 Å². The normalized spacial score (nSPS) is 17.4. The van der Waals surface area contributed by atoms with E-state index in [1.165, 1.54) is 24.3 Å². The molecule has 2 aliphatic rings. The summed E-state index contributed by atoms with van der Waals surface area (Å²) in [5.74, 6) is 0.411. The maximum atomic E-state index is 12.9. The van der Waals surface area contributed by atoms with Crippen LogP contribution in [-0.2, 0) is 61.4 Å². The van der Waals surface area contributed by atoms with Gasteiger partial charge in [-0.2, -0.15) is 0 Å². The van der Waals surface area contributed by atoms with Crippen LogP contribution in [0.5, 0.6) is 11.5 Å². The second-order valence-corrected chi connectivity index (χ2v) is 23.1. The van der Waals surface area contributed by atoms with E-state index in [2.05, 4.69) is 29.9 Å². The molecule has 0 saturated heterocycles. The number of fused-ring (bicyclic) bond motifs is 2. The van der Waals surface area contributed by atoms with Crippen LogP contribution >= 0.6 is 46.4 Å². The minimum Gasteiger partial charge on any atom is -0.484 e. The molecular formula is C50H64Cl4N6O12S2. The lowest BCUT2D eigenvalue weighted by Gasteiger charge is -2.27. The van der Waals surface area contributed by atoms with Gasteiger partial charge in [-0.3, -0.25) is 9.59 Å². The summed E-state index contributed by atoms with van der Waals surface area (Å²) >= 11 is 25.5. The van der Waals surface area contributed by atoms with Gasteiger partial charge in [0.2, 0.25) is 31.9 Å². The highest BCUT2D eigenvalue weighted by Gasteiger charge is 2.39. The Morgan fingerprint density at radius 1 is 0.514 bits per heavy atom. The number of carbonyl (C=O) groups excluding carboxylic acids is 2. The summed E-state index contributed by atoms with van der Waals surface area (Å²) in [6.45, 7) is 2.17. The van der Waals surface area contributed by atoms with Gasteiger partial charge in [0.1, 0.15) is 23.7 Å². The first-order valence-corrected chi connectivity index (χ1v) is 28.5. The van der Waals surface area contributed by atoms with Gasteiger partial charge in [0.25, 0.3) is 0 Å². The van der Waals surface area contributed by atoms with Gasteiger partial charge < -0.3 is 48.9 Å². The predicted octanol–water partition coefficient (Wildman–Crippen LogP) is 5.85. The maximum absolute atomic E-state index is 12.9. The molecule has 2 aliphatic carbocycles. The lowest BCUT2D eigenvalue weighted by atomic mass is 10.1. The average Bonchev–Trinajstić information content (AvgIpc) is 3.91. The Hall–Kier alpha value is -3.84. The fraction of sp³-hybridized carbons (Fsp3) is 0.480. The summed E-state index contributed by atoms with van der Waals surface area (Å²) in [6, 6.07) is 19.6. The topological polar surface area (TPSA) is 212 Å². The van der Waals surface area contributed by atoms with E-state index in [-0.39, 0.29) is 138 Å². The van der Waals surface area contributed by atoms with E-state index in [9.17, 15) is 26.4 Å². The van der Waals surface area contributed by atoms with Crippen molar-refractivity contribution in [3.05, 3.63) is 115 Å². The number of benzene rings is 4. The maximum Gasteiger partial charge on any atom is 0.240 e. The zero-order valence-corrected chi connectivity index (χ0v) is 46.3. The molecule has 2 amide bonds. The molecule has 6 rings (SSSR count). The summed E-state index contributed by atoms with van der Waals surface area (Å²) < 4.78 is 91.2. The number of hydrogen-bond donors (Lipinski definition) is 4. The van der Waals surface area contributed by atoms with Crippen LogP contribution in [-0.4, -0.2) is 158 Å². The second kappa shape index (κ2) is 28.5. The minimum atomic E-state index is -3.80. The molecule has 74 heavy (non-hydrogen) atoms. The van der Waals surface area contributed by atoms with Crippen LogP contribution in [0, 0.1) is 0 Å². The van der Waals surface area contributed by atoms with Crippen molar-refractivity contribution in [1.29, 1.82) is 0 Å². The molecule has 0 aliphatic heterocycles. The Morgan fingerprint density at radius 3 is 1.19 bits per heavy atom. The summed E-state index contributed by atoms with van der Waals surface area (Å²) in [5.41, 5.74) is 3.79. The highest BCUT2D eigenvalue weighted by molar-refractivity contribution is 7.89. The van der Waals surface area contributed by atoms with E-state index < -0.39 is 20.0 Å². The van der Waals surface area contributed by atoms with Gasteiger partial charge in [-0.1, -0.05) is 46.4 Å². The Balaban J connectivity index is 0.726. The molecule has 0 spiro atoms. The first-order valence-electron chi connectivity index (χ1n) is 24.0. The monoisotopic (exact) mass is 1140 g/mol. The summed E-state index contributed by atoms with van der Waals surface area (Å²) in [7, 11) is 0.270. The fourth-order valence-corrected chi connectivity index (χ4v) is 11.5. The van der Waals surface area contributed by atoms with E-state index in [0.717, 1.165) is 22.3 Å². The first-order chi connectivity index (χ1) is 35.3. The van der Waals surface area contributed by atoms with Gasteiger partial charge in [-0.25, -0.2) is 26.3 Å². The molecule has 0 bridgehead atoms. The van der Waals surface area contributed by atoms with Crippen LogP contribution in [0.4, 0.5) is 0 Å². The van der Waals surface area contributed by atoms with Crippen molar-refractivity contribution in [1.82, 2.24) is 29.9 Å². The standard InChI is InChI=1S/C50H64Cl4N6O12S2/c1-59(2)45-31-39-41(27-33(51)29-43(39)53)49(45)71-35-5-9-37(10-6-35)73(63,64)57-17-21-69-25-23-67-19-15-55-47(61)13-14-48(62)56-16-20-68-24-26-70-22-18-58-74(65,66)38-11-7-36(8-12-38)72-50-42-28-34(52)30-44(54)40(42)32-46(50)60(3)4/h5-12,27-30,45-46,49-50,57-58H,13-26,31-32H2,1-4H3,(H,55,61)(H,56,62)/t45-,46-,49-,50-/m0/s1. The number of nitrogens with zero attached hydrogens (tertiary/aromatic N) is 2. The third-order valence-corrected chi connectivity index (χ3v) is 16.3. The molecular weight excluding hydrogens is 1080 g/mol. The van der Waals surface area contributed by atoms with Crippen molar-refractivity contribution in [2.45, 2.75) is 59.8 Å². The number of ether oxygens (including phenoxy) is 6. The zero-order chi connectivity index (χ0) is 53.4. The van der Waals surface area contributed by atoms with Crippen LogP contribution in [0.2, 0.25) is 20.1 Å². The average molecular weight is 1150 g/mol. The van der Waals surface area contributed by atoms with Gasteiger partial charge in [-0.15, -0.1) is 0 Å². The van der Waals surface area contributed by atoms with Crippen molar-refractivity contribution >= 4 is 78.3 Å².